The minimum Gasteiger partial charge on any atom is -0.477 e. The third-order valence-electron chi connectivity index (χ3n) is 3.75. The molecule has 2 heterocycles. The minimum absolute atomic E-state index is 0.0578. The van der Waals surface area contributed by atoms with E-state index in [1.54, 1.807) is 0 Å². The molecule has 0 aliphatic carbocycles. The molecule has 1 aromatic rings. The normalized spacial score (nSPS) is 25.0. The first-order chi connectivity index (χ1) is 9.83. The van der Waals surface area contributed by atoms with Crippen LogP contribution in [-0.4, -0.2) is 38.3 Å². The molecule has 2 atom stereocenters. The Morgan fingerprint density at radius 1 is 1.40 bits per heavy atom. The molecule has 20 heavy (non-hydrogen) atoms. The molecule has 1 aromatic carbocycles. The zero-order chi connectivity index (χ0) is 13.8. The summed E-state index contributed by atoms with van der Waals surface area (Å²) in [5, 5.41) is 6.19. The predicted octanol–water partition coefficient (Wildman–Crippen LogP) is 1.40. The molecule has 108 valence electrons. The Bertz CT molecular complexity index is 472. The predicted molar refractivity (Wildman–Crippen MR) is 75.9 cm³/mol. The summed E-state index contributed by atoms with van der Waals surface area (Å²) < 4.78 is 11.1. The van der Waals surface area contributed by atoms with Crippen molar-refractivity contribution in [1.82, 2.24) is 5.32 Å². The average molecular weight is 276 g/mol. The molecule has 5 nitrogen and oxygen atoms in total. The van der Waals surface area contributed by atoms with Gasteiger partial charge in [0.15, 0.2) is 6.10 Å². The fraction of sp³-hybridized carbons (Fsp3) is 0.533. The largest absolute Gasteiger partial charge is 0.477 e. The number of anilines is 1. The highest BCUT2D eigenvalue weighted by molar-refractivity contribution is 5.83. The summed E-state index contributed by atoms with van der Waals surface area (Å²) in [4.78, 5) is 12.1. The van der Waals surface area contributed by atoms with E-state index in [-0.39, 0.29) is 5.91 Å². The van der Waals surface area contributed by atoms with Crippen molar-refractivity contribution >= 4 is 11.6 Å². The number of benzene rings is 1. The number of nitrogens with one attached hydrogen (secondary N) is 2. The Balaban J connectivity index is 1.51. The van der Waals surface area contributed by atoms with Gasteiger partial charge in [0.05, 0.1) is 18.8 Å². The monoisotopic (exact) mass is 276 g/mol. The summed E-state index contributed by atoms with van der Waals surface area (Å²) in [5.41, 5.74) is 0.942. The summed E-state index contributed by atoms with van der Waals surface area (Å²) >= 11 is 0. The Kier molecular flexibility index (Phi) is 4.06. The molecular weight excluding hydrogens is 256 g/mol. The van der Waals surface area contributed by atoms with Gasteiger partial charge in [-0.05, 0) is 30.9 Å². The second-order valence-corrected chi connectivity index (χ2v) is 5.31. The van der Waals surface area contributed by atoms with Crippen LogP contribution in [0.2, 0.25) is 0 Å². The number of carbonyl (C=O) groups excluding carboxylic acids is 1. The van der Waals surface area contributed by atoms with E-state index in [1.807, 2.05) is 24.3 Å². The fourth-order valence-corrected chi connectivity index (χ4v) is 2.59. The van der Waals surface area contributed by atoms with Crippen LogP contribution in [0.1, 0.15) is 12.8 Å². The third kappa shape index (κ3) is 3.04. The van der Waals surface area contributed by atoms with Crippen LogP contribution in [-0.2, 0) is 9.53 Å². The number of carbonyl (C=O) groups is 1. The highest BCUT2D eigenvalue weighted by Gasteiger charge is 2.26. The second-order valence-electron chi connectivity index (χ2n) is 5.31. The van der Waals surface area contributed by atoms with E-state index in [2.05, 4.69) is 10.6 Å². The van der Waals surface area contributed by atoms with Gasteiger partial charge in [0, 0.05) is 13.2 Å². The van der Waals surface area contributed by atoms with Crippen molar-refractivity contribution in [2.75, 3.05) is 31.6 Å². The number of hydrogen-bond donors (Lipinski definition) is 2. The standard InChI is InChI=1S/C15H20N2O3/c18-15(17-8-11-4-3-7-19-10-11)14-9-16-12-5-1-2-6-13(12)20-14/h1-2,5-6,11,14,16H,3-4,7-10H2,(H,17,18). The van der Waals surface area contributed by atoms with Gasteiger partial charge < -0.3 is 20.1 Å². The van der Waals surface area contributed by atoms with Crippen LogP contribution in [0.5, 0.6) is 5.75 Å². The van der Waals surface area contributed by atoms with Crippen LogP contribution in [0.25, 0.3) is 0 Å². The van der Waals surface area contributed by atoms with Gasteiger partial charge >= 0.3 is 0 Å². The first-order valence-corrected chi connectivity index (χ1v) is 7.18. The van der Waals surface area contributed by atoms with Crippen LogP contribution in [0, 0.1) is 5.92 Å². The van der Waals surface area contributed by atoms with Crippen molar-refractivity contribution in [3.8, 4) is 5.75 Å². The third-order valence-corrected chi connectivity index (χ3v) is 3.75. The molecule has 0 bridgehead atoms. The number of para-hydroxylation sites is 2. The number of ether oxygens (including phenoxy) is 2. The van der Waals surface area contributed by atoms with Gasteiger partial charge in [-0.25, -0.2) is 0 Å². The molecule has 3 rings (SSSR count). The summed E-state index contributed by atoms with van der Waals surface area (Å²) in [6.45, 7) is 2.76. The van der Waals surface area contributed by atoms with Gasteiger partial charge in [-0.3, -0.25) is 4.79 Å². The lowest BCUT2D eigenvalue weighted by atomic mass is 10.0. The van der Waals surface area contributed by atoms with Crippen LogP contribution in [0.3, 0.4) is 0 Å². The molecular formula is C15H20N2O3. The maximum Gasteiger partial charge on any atom is 0.262 e. The zero-order valence-electron chi connectivity index (χ0n) is 11.4. The van der Waals surface area contributed by atoms with E-state index in [0.717, 1.165) is 37.5 Å². The van der Waals surface area contributed by atoms with E-state index >= 15 is 0 Å². The van der Waals surface area contributed by atoms with Crippen molar-refractivity contribution in [3.05, 3.63) is 24.3 Å². The first-order valence-electron chi connectivity index (χ1n) is 7.18. The molecule has 2 aliphatic heterocycles. The highest BCUT2D eigenvalue weighted by Crippen LogP contribution is 2.28. The van der Waals surface area contributed by atoms with Gasteiger partial charge in [0.25, 0.3) is 5.91 Å². The van der Waals surface area contributed by atoms with E-state index in [1.165, 1.54) is 0 Å². The molecule has 1 amide bonds. The van der Waals surface area contributed by atoms with Gasteiger partial charge in [0.2, 0.25) is 0 Å². The minimum atomic E-state index is -0.464. The van der Waals surface area contributed by atoms with Crippen molar-refractivity contribution in [1.29, 1.82) is 0 Å². The molecule has 2 aliphatic rings. The lowest BCUT2D eigenvalue weighted by Gasteiger charge is -2.27. The van der Waals surface area contributed by atoms with E-state index in [4.69, 9.17) is 9.47 Å². The summed E-state index contributed by atoms with van der Waals surface area (Å²) in [6.07, 6.45) is 1.73. The Labute approximate surface area is 118 Å². The molecule has 0 radical (unpaired) electrons. The van der Waals surface area contributed by atoms with Crippen LogP contribution in [0.4, 0.5) is 5.69 Å². The Hall–Kier alpha value is -1.75. The van der Waals surface area contributed by atoms with E-state index < -0.39 is 6.10 Å². The van der Waals surface area contributed by atoms with E-state index in [0.29, 0.717) is 19.0 Å². The van der Waals surface area contributed by atoms with Crippen molar-refractivity contribution in [2.24, 2.45) is 5.92 Å². The van der Waals surface area contributed by atoms with Crippen molar-refractivity contribution in [2.45, 2.75) is 18.9 Å². The molecule has 1 saturated heterocycles. The van der Waals surface area contributed by atoms with Gasteiger partial charge in [-0.2, -0.15) is 0 Å². The maximum absolute atomic E-state index is 12.1. The Morgan fingerprint density at radius 2 is 2.30 bits per heavy atom. The second kappa shape index (κ2) is 6.13. The Morgan fingerprint density at radius 3 is 3.15 bits per heavy atom. The SMILES string of the molecule is O=C(NCC1CCCOC1)C1CNc2ccccc2O1. The highest BCUT2D eigenvalue weighted by atomic mass is 16.5. The van der Waals surface area contributed by atoms with Crippen LogP contribution >= 0.6 is 0 Å². The first kappa shape index (κ1) is 13.2. The number of fused-ring (bicyclic) bond motifs is 1. The van der Waals surface area contributed by atoms with Crippen molar-refractivity contribution < 1.29 is 14.3 Å². The molecule has 5 heteroatoms. The van der Waals surface area contributed by atoms with Crippen molar-refractivity contribution in [3.63, 3.8) is 0 Å². The smallest absolute Gasteiger partial charge is 0.262 e. The summed E-state index contributed by atoms with van der Waals surface area (Å²) in [5.74, 6) is 1.11. The molecule has 2 unspecified atom stereocenters. The van der Waals surface area contributed by atoms with Gasteiger partial charge in [-0.15, -0.1) is 0 Å². The quantitative estimate of drug-likeness (QED) is 0.876. The molecule has 1 fully saturated rings. The zero-order valence-corrected chi connectivity index (χ0v) is 11.4. The van der Waals surface area contributed by atoms with Crippen LogP contribution in [0.15, 0.2) is 24.3 Å². The lowest BCUT2D eigenvalue weighted by Crippen LogP contribution is -2.46. The van der Waals surface area contributed by atoms with Crippen LogP contribution < -0.4 is 15.4 Å². The topological polar surface area (TPSA) is 59.6 Å². The summed E-state index contributed by atoms with van der Waals surface area (Å²) in [7, 11) is 0. The molecule has 0 saturated carbocycles. The average Bonchev–Trinajstić information content (AvgIpc) is 2.53. The fourth-order valence-electron chi connectivity index (χ4n) is 2.59. The molecule has 2 N–H and O–H groups in total. The summed E-state index contributed by atoms with van der Waals surface area (Å²) in [6, 6.07) is 7.67. The molecule has 0 spiro atoms. The number of hydrogen-bond acceptors (Lipinski definition) is 4. The number of rotatable bonds is 3. The molecule has 0 aromatic heterocycles. The van der Waals surface area contributed by atoms with Gasteiger partial charge in [-0.1, -0.05) is 12.1 Å². The lowest BCUT2D eigenvalue weighted by molar-refractivity contribution is -0.128. The number of amides is 1. The van der Waals surface area contributed by atoms with E-state index in [9.17, 15) is 4.79 Å². The van der Waals surface area contributed by atoms with Gasteiger partial charge in [0.1, 0.15) is 5.75 Å². The maximum atomic E-state index is 12.1.